The second kappa shape index (κ2) is 3.37. The second-order valence-corrected chi connectivity index (χ2v) is 2.04. The highest BCUT2D eigenvalue weighted by atomic mass is 79.9. The maximum absolute atomic E-state index is 8.53. The molecule has 3 N–H and O–H groups in total. The topological polar surface area (TPSA) is 52.5 Å². The minimum atomic E-state index is -0.877. The Labute approximate surface area is 50.5 Å². The fourth-order valence-electron chi connectivity index (χ4n) is 0.138. The van der Waals surface area contributed by atoms with Crippen LogP contribution in [0.4, 0.5) is 0 Å². The zero-order valence-electron chi connectivity index (χ0n) is 3.93. The largest absolute Gasteiger partial charge is 0.378 e. The van der Waals surface area contributed by atoms with Gasteiger partial charge in [0.15, 0.2) is 0 Å². The molecule has 0 aromatic heterocycles. The average molecular weight is 170 g/mol. The van der Waals surface area contributed by atoms with Gasteiger partial charge in [-0.25, -0.2) is 0 Å². The van der Waals surface area contributed by atoms with Gasteiger partial charge in [-0.3, -0.25) is 5.32 Å². The molecular formula is C3H8BrNO2. The van der Waals surface area contributed by atoms with Crippen molar-refractivity contribution >= 4 is 15.9 Å². The van der Waals surface area contributed by atoms with Crippen LogP contribution in [-0.2, 0) is 0 Å². The molecule has 0 heterocycles. The van der Waals surface area contributed by atoms with E-state index in [0.717, 1.165) is 0 Å². The summed E-state index contributed by atoms with van der Waals surface area (Å²) < 4.78 is 0. The Morgan fingerprint density at radius 1 is 1.57 bits per heavy atom. The van der Waals surface area contributed by atoms with Gasteiger partial charge >= 0.3 is 0 Å². The lowest BCUT2D eigenvalue weighted by Crippen LogP contribution is -2.33. The van der Waals surface area contributed by atoms with Crippen molar-refractivity contribution in [2.75, 3.05) is 7.05 Å². The van der Waals surface area contributed by atoms with Crippen molar-refractivity contribution in [3.05, 3.63) is 0 Å². The Bertz CT molecular complexity index is 50.2. The van der Waals surface area contributed by atoms with Crippen molar-refractivity contribution in [3.63, 3.8) is 0 Å². The molecule has 0 rings (SSSR count). The molecule has 7 heavy (non-hydrogen) atoms. The van der Waals surface area contributed by atoms with Crippen LogP contribution >= 0.6 is 15.9 Å². The van der Waals surface area contributed by atoms with E-state index in [0.29, 0.717) is 0 Å². The number of hydrogen-bond acceptors (Lipinski definition) is 3. The first kappa shape index (κ1) is 7.36. The molecule has 4 heteroatoms. The normalized spacial score (nSPS) is 18.9. The molecule has 3 nitrogen and oxygen atoms in total. The third-order valence-electron chi connectivity index (χ3n) is 0.556. The van der Waals surface area contributed by atoms with Crippen LogP contribution in [-0.4, -0.2) is 28.5 Å². The smallest absolute Gasteiger partial charge is 0.148 e. The van der Waals surface area contributed by atoms with E-state index in [1.807, 2.05) is 0 Å². The molecule has 0 aromatic carbocycles. The number of likely N-dealkylation sites (N-methyl/N-ethyl adjacent to an activating group) is 1. The van der Waals surface area contributed by atoms with E-state index in [1.54, 1.807) is 7.05 Å². The molecule has 0 fully saturated rings. The minimum Gasteiger partial charge on any atom is -0.378 e. The summed E-state index contributed by atoms with van der Waals surface area (Å²) >= 11 is 2.74. The summed E-state index contributed by atoms with van der Waals surface area (Å²) in [6.45, 7) is 0. The molecule has 0 aromatic rings. The summed E-state index contributed by atoms with van der Waals surface area (Å²) in [6.07, 6.45) is -0.875. The number of nitrogens with one attached hydrogen (secondary N) is 1. The van der Waals surface area contributed by atoms with Gasteiger partial charge in [0.1, 0.15) is 11.2 Å². The number of aliphatic hydroxyl groups excluding tert-OH is 2. The Balaban J connectivity index is 3.14. The monoisotopic (exact) mass is 169 g/mol. The fraction of sp³-hybridized carbons (Fsp3) is 1.00. The summed E-state index contributed by atoms with van der Waals surface area (Å²) in [5, 5.41) is 18.5. The number of hydrogen-bond donors (Lipinski definition) is 3. The quantitative estimate of drug-likeness (QED) is 0.377. The van der Waals surface area contributed by atoms with Crippen LogP contribution in [0.15, 0.2) is 0 Å². The molecule has 0 aliphatic carbocycles. The van der Waals surface area contributed by atoms with Crippen LogP contribution in [0, 0.1) is 0 Å². The van der Waals surface area contributed by atoms with Crippen molar-refractivity contribution in [1.29, 1.82) is 0 Å². The first-order valence-corrected chi connectivity index (χ1v) is 2.77. The van der Waals surface area contributed by atoms with E-state index >= 15 is 0 Å². The van der Waals surface area contributed by atoms with Crippen LogP contribution < -0.4 is 5.32 Å². The molecular weight excluding hydrogens is 162 g/mol. The fourth-order valence-corrected chi connectivity index (χ4v) is 0.402. The molecule has 2 unspecified atom stereocenters. The standard InChI is InChI=1S/C3H8BrNO2/c1-5-3(7)2(4)6/h2-3,5-7H,1H3. The highest BCUT2D eigenvalue weighted by Crippen LogP contribution is 1.95. The highest BCUT2D eigenvalue weighted by Gasteiger charge is 2.06. The first-order chi connectivity index (χ1) is 3.18. The predicted molar refractivity (Wildman–Crippen MR) is 30.0 cm³/mol. The van der Waals surface area contributed by atoms with Crippen molar-refractivity contribution in [3.8, 4) is 0 Å². The van der Waals surface area contributed by atoms with Crippen LogP contribution in [0.3, 0.4) is 0 Å². The summed E-state index contributed by atoms with van der Waals surface area (Å²) in [5.74, 6) is 0. The van der Waals surface area contributed by atoms with Gasteiger partial charge in [0.25, 0.3) is 0 Å². The van der Waals surface area contributed by atoms with Gasteiger partial charge in [-0.15, -0.1) is 0 Å². The number of alkyl halides is 1. The minimum absolute atomic E-state index is 0.875. The second-order valence-electron chi connectivity index (χ2n) is 1.11. The van der Waals surface area contributed by atoms with E-state index < -0.39 is 11.2 Å². The Hall–Kier alpha value is 0.360. The van der Waals surface area contributed by atoms with E-state index in [2.05, 4.69) is 21.2 Å². The maximum Gasteiger partial charge on any atom is 0.148 e. The Kier molecular flexibility index (Phi) is 3.55. The molecule has 0 saturated carbocycles. The van der Waals surface area contributed by atoms with Crippen molar-refractivity contribution in [1.82, 2.24) is 5.32 Å². The molecule has 0 aliphatic rings. The third-order valence-corrected chi connectivity index (χ3v) is 1.06. The molecule has 0 spiro atoms. The van der Waals surface area contributed by atoms with Gasteiger partial charge in [-0.1, -0.05) is 15.9 Å². The lowest BCUT2D eigenvalue weighted by atomic mass is 10.6. The average Bonchev–Trinajstić information content (AvgIpc) is 1.65. The van der Waals surface area contributed by atoms with Crippen LogP contribution in [0.25, 0.3) is 0 Å². The van der Waals surface area contributed by atoms with Gasteiger partial charge in [0, 0.05) is 0 Å². The van der Waals surface area contributed by atoms with Crippen molar-refractivity contribution < 1.29 is 10.2 Å². The summed E-state index contributed by atoms with van der Waals surface area (Å²) in [6, 6.07) is 0. The predicted octanol–water partition coefficient (Wildman–Crippen LogP) is -0.763. The number of aliphatic hydroxyl groups is 2. The van der Waals surface area contributed by atoms with Gasteiger partial charge < -0.3 is 10.2 Å². The van der Waals surface area contributed by atoms with Crippen molar-refractivity contribution in [2.45, 2.75) is 11.2 Å². The third kappa shape index (κ3) is 2.99. The van der Waals surface area contributed by atoms with Gasteiger partial charge in [-0.2, -0.15) is 0 Å². The van der Waals surface area contributed by atoms with Crippen LogP contribution in [0.2, 0.25) is 0 Å². The molecule has 44 valence electrons. The molecule has 0 bridgehead atoms. The van der Waals surface area contributed by atoms with Crippen LogP contribution in [0.5, 0.6) is 0 Å². The van der Waals surface area contributed by atoms with Crippen molar-refractivity contribution in [2.24, 2.45) is 0 Å². The van der Waals surface area contributed by atoms with Crippen LogP contribution in [0.1, 0.15) is 0 Å². The number of halogens is 1. The van der Waals surface area contributed by atoms with E-state index in [-0.39, 0.29) is 0 Å². The molecule has 0 amide bonds. The SMILES string of the molecule is CNC(O)C(O)Br. The molecule has 2 atom stereocenters. The van der Waals surface area contributed by atoms with E-state index in [1.165, 1.54) is 0 Å². The van der Waals surface area contributed by atoms with Gasteiger partial charge in [0.2, 0.25) is 0 Å². The molecule has 0 aliphatic heterocycles. The molecule has 0 saturated heterocycles. The lowest BCUT2D eigenvalue weighted by Gasteiger charge is -2.08. The van der Waals surface area contributed by atoms with E-state index in [9.17, 15) is 0 Å². The Morgan fingerprint density at radius 2 is 2.00 bits per heavy atom. The first-order valence-electron chi connectivity index (χ1n) is 1.86. The Morgan fingerprint density at radius 3 is 2.00 bits per heavy atom. The summed E-state index contributed by atoms with van der Waals surface area (Å²) in [7, 11) is 1.55. The number of rotatable bonds is 2. The lowest BCUT2D eigenvalue weighted by molar-refractivity contribution is 0.0579. The maximum atomic E-state index is 8.53. The zero-order valence-corrected chi connectivity index (χ0v) is 5.51. The molecule has 0 radical (unpaired) electrons. The van der Waals surface area contributed by atoms with Gasteiger partial charge in [-0.05, 0) is 7.05 Å². The van der Waals surface area contributed by atoms with Gasteiger partial charge in [0.05, 0.1) is 0 Å². The highest BCUT2D eigenvalue weighted by molar-refractivity contribution is 9.09. The van der Waals surface area contributed by atoms with E-state index in [4.69, 9.17) is 10.2 Å². The zero-order chi connectivity index (χ0) is 5.86. The summed E-state index contributed by atoms with van der Waals surface area (Å²) in [5.41, 5.74) is 0. The summed E-state index contributed by atoms with van der Waals surface area (Å²) in [4.78, 5) is 0.